The number of amides is 3. The molecule has 0 fully saturated rings. The third-order valence-electron chi connectivity index (χ3n) is 1.43. The van der Waals surface area contributed by atoms with Gasteiger partial charge in [0.2, 0.25) is 5.91 Å². The minimum absolute atomic E-state index is 0.0946. The van der Waals surface area contributed by atoms with Crippen LogP contribution >= 0.6 is 0 Å². The number of urea groups is 1. The summed E-state index contributed by atoms with van der Waals surface area (Å²) in [5, 5.41) is 1.84. The summed E-state index contributed by atoms with van der Waals surface area (Å²) < 4.78 is 11.2. The van der Waals surface area contributed by atoms with E-state index in [0.29, 0.717) is 12.3 Å². The lowest BCUT2D eigenvalue weighted by Crippen LogP contribution is -2.38. The zero-order valence-electron chi connectivity index (χ0n) is 7.99. The summed E-state index contributed by atoms with van der Waals surface area (Å²) in [4.78, 5) is 21.1. The maximum absolute atomic E-state index is 11.2. The molecule has 0 aliphatic heterocycles. The van der Waals surface area contributed by atoms with Crippen LogP contribution in [0.25, 0.3) is 0 Å². The lowest BCUT2D eigenvalue weighted by atomic mass is 10.2. The highest BCUT2D eigenvalue weighted by molar-refractivity contribution is 7.85. The Hall–Kier alpha value is -0.950. The Bertz CT molecular complexity index is 244. The zero-order valence-corrected chi connectivity index (χ0v) is 8.80. The summed E-state index contributed by atoms with van der Waals surface area (Å²) in [6.45, 7) is 2.26. The van der Waals surface area contributed by atoms with Gasteiger partial charge in [-0.1, -0.05) is 6.92 Å². The van der Waals surface area contributed by atoms with E-state index in [1.54, 1.807) is 0 Å². The van der Waals surface area contributed by atoms with E-state index in [2.05, 4.69) is 0 Å². The quantitative estimate of drug-likeness (QED) is 0.525. The van der Waals surface area contributed by atoms with E-state index in [-0.39, 0.29) is 11.7 Å². The summed E-state index contributed by atoms with van der Waals surface area (Å²) in [6, 6.07) is -0.932. The predicted octanol–water partition coefficient (Wildman–Crippen LogP) is -1.48. The van der Waals surface area contributed by atoms with Gasteiger partial charge in [0.1, 0.15) is 5.75 Å². The molecular formula is C7H15N3O3S. The van der Waals surface area contributed by atoms with Crippen LogP contribution in [0.1, 0.15) is 6.92 Å². The Morgan fingerprint density at radius 2 is 2.07 bits per heavy atom. The molecular weight excluding hydrogens is 206 g/mol. The van der Waals surface area contributed by atoms with Crippen molar-refractivity contribution in [2.45, 2.75) is 6.92 Å². The van der Waals surface area contributed by atoms with Crippen molar-refractivity contribution in [1.82, 2.24) is 5.32 Å². The van der Waals surface area contributed by atoms with Crippen molar-refractivity contribution >= 4 is 22.7 Å². The molecule has 0 radical (unpaired) electrons. The average molecular weight is 221 g/mol. The van der Waals surface area contributed by atoms with E-state index >= 15 is 0 Å². The van der Waals surface area contributed by atoms with Crippen molar-refractivity contribution in [3.05, 3.63) is 0 Å². The number of hydrogen-bond acceptors (Lipinski definition) is 4. The van der Waals surface area contributed by atoms with E-state index in [0.717, 1.165) is 0 Å². The van der Waals surface area contributed by atoms with E-state index in [4.69, 9.17) is 11.5 Å². The molecule has 6 nitrogen and oxygen atoms in total. The van der Waals surface area contributed by atoms with Gasteiger partial charge in [-0.15, -0.1) is 0 Å². The van der Waals surface area contributed by atoms with Crippen LogP contribution in [0, 0.1) is 5.92 Å². The second-order valence-electron chi connectivity index (χ2n) is 3.00. The fourth-order valence-corrected chi connectivity index (χ4v) is 2.02. The molecule has 0 aliphatic carbocycles. The highest BCUT2D eigenvalue weighted by atomic mass is 32.2. The molecule has 14 heavy (non-hydrogen) atoms. The maximum Gasteiger partial charge on any atom is 0.318 e. The van der Waals surface area contributed by atoms with E-state index in [9.17, 15) is 13.8 Å². The van der Waals surface area contributed by atoms with Gasteiger partial charge in [0, 0.05) is 16.6 Å². The van der Waals surface area contributed by atoms with Crippen LogP contribution in [0.2, 0.25) is 0 Å². The highest BCUT2D eigenvalue weighted by Gasteiger charge is 2.11. The van der Waals surface area contributed by atoms with E-state index in [1.165, 1.54) is 0 Å². The third-order valence-corrected chi connectivity index (χ3v) is 2.95. The summed E-state index contributed by atoms with van der Waals surface area (Å²) in [5.41, 5.74) is 10.0. The molecule has 82 valence electrons. The van der Waals surface area contributed by atoms with E-state index in [1.807, 2.05) is 12.2 Å². The maximum atomic E-state index is 11.2. The van der Waals surface area contributed by atoms with Gasteiger partial charge in [-0.3, -0.25) is 14.3 Å². The number of nitrogens with one attached hydrogen (secondary N) is 1. The van der Waals surface area contributed by atoms with Gasteiger partial charge in [0.15, 0.2) is 0 Å². The van der Waals surface area contributed by atoms with Gasteiger partial charge in [0.05, 0.1) is 0 Å². The fraction of sp³-hybridized carbons (Fsp3) is 0.714. The molecule has 2 atom stereocenters. The van der Waals surface area contributed by atoms with Crippen LogP contribution in [0.3, 0.4) is 0 Å². The van der Waals surface area contributed by atoms with Gasteiger partial charge in [-0.2, -0.15) is 0 Å². The number of carbonyl (C=O) groups excluding carboxylic acids is 2. The lowest BCUT2D eigenvalue weighted by molar-refractivity contribution is -0.117. The van der Waals surface area contributed by atoms with Crippen molar-refractivity contribution in [2.75, 3.05) is 18.1 Å². The second kappa shape index (κ2) is 6.50. The molecule has 0 saturated heterocycles. The number of hydrogen-bond donors (Lipinski definition) is 3. The van der Waals surface area contributed by atoms with Crippen LogP contribution in [-0.2, 0) is 15.6 Å². The molecule has 2 unspecified atom stereocenters. The van der Waals surface area contributed by atoms with Crippen LogP contribution in [0.4, 0.5) is 4.79 Å². The molecule has 0 spiro atoms. The van der Waals surface area contributed by atoms with Crippen molar-refractivity contribution in [1.29, 1.82) is 0 Å². The van der Waals surface area contributed by atoms with Crippen LogP contribution in [0.5, 0.6) is 0 Å². The van der Waals surface area contributed by atoms with Crippen molar-refractivity contribution in [3.8, 4) is 0 Å². The van der Waals surface area contributed by atoms with Gasteiger partial charge in [0.25, 0.3) is 0 Å². The van der Waals surface area contributed by atoms with Gasteiger partial charge in [-0.25, -0.2) is 4.79 Å². The predicted molar refractivity (Wildman–Crippen MR) is 53.8 cm³/mol. The summed E-state index contributed by atoms with van der Waals surface area (Å²) >= 11 is 0. The topological polar surface area (TPSA) is 115 Å². The van der Waals surface area contributed by atoms with Gasteiger partial charge >= 0.3 is 6.03 Å². The first-order valence-electron chi connectivity index (χ1n) is 4.10. The minimum atomic E-state index is -1.30. The lowest BCUT2D eigenvalue weighted by Gasteiger charge is -2.07. The Morgan fingerprint density at radius 3 is 2.50 bits per heavy atom. The first-order chi connectivity index (χ1) is 6.45. The Morgan fingerprint density at radius 1 is 1.50 bits per heavy atom. The first-order valence-corrected chi connectivity index (χ1v) is 5.58. The Balaban J connectivity index is 3.82. The molecule has 0 aromatic carbocycles. The Kier molecular flexibility index (Phi) is 6.06. The van der Waals surface area contributed by atoms with Crippen LogP contribution in [-0.4, -0.2) is 34.2 Å². The smallest absolute Gasteiger partial charge is 0.318 e. The molecule has 5 N–H and O–H groups in total. The number of nitrogens with two attached hydrogens (primary N) is 2. The monoisotopic (exact) mass is 221 g/mol. The molecule has 7 heteroatoms. The molecule has 0 aromatic rings. The van der Waals surface area contributed by atoms with Gasteiger partial charge in [-0.05, 0) is 12.5 Å². The normalized spacial score (nSPS) is 14.4. The number of rotatable bonds is 5. The molecule has 0 heterocycles. The molecule has 3 amide bonds. The van der Waals surface area contributed by atoms with Crippen molar-refractivity contribution in [3.63, 3.8) is 0 Å². The molecule has 0 aliphatic rings. The highest BCUT2D eigenvalue weighted by Crippen LogP contribution is 1.95. The fourth-order valence-electron chi connectivity index (χ4n) is 0.764. The minimum Gasteiger partial charge on any atom is -0.351 e. The van der Waals surface area contributed by atoms with E-state index < -0.39 is 22.7 Å². The number of imide groups is 1. The van der Waals surface area contributed by atoms with Crippen LogP contribution < -0.4 is 16.8 Å². The van der Waals surface area contributed by atoms with Crippen molar-refractivity contribution < 1.29 is 13.8 Å². The summed E-state index contributed by atoms with van der Waals surface area (Å²) in [7, 11) is -1.30. The van der Waals surface area contributed by atoms with Crippen molar-refractivity contribution in [2.24, 2.45) is 17.4 Å². The molecule has 0 bridgehead atoms. The second-order valence-corrected chi connectivity index (χ2v) is 4.51. The third kappa shape index (κ3) is 6.55. The molecule has 0 saturated carbocycles. The molecule has 0 aromatic heterocycles. The number of carbonyl (C=O) groups is 2. The zero-order chi connectivity index (χ0) is 11.1. The summed E-state index contributed by atoms with van der Waals surface area (Å²) in [5.74, 6) is -0.395. The first kappa shape index (κ1) is 13.1. The standard InChI is InChI=1S/C7H15N3O3S/c1-5(2-8)3-14(13)4-6(11)10-7(9)12/h5H,2-4,8H2,1H3,(H3,9,10,11,12). The SMILES string of the molecule is CC(CN)CS(=O)CC(=O)NC(N)=O. The molecule has 0 rings (SSSR count). The number of primary amides is 1. The Labute approximate surface area is 84.9 Å². The van der Waals surface area contributed by atoms with Crippen LogP contribution in [0.15, 0.2) is 0 Å². The van der Waals surface area contributed by atoms with Gasteiger partial charge < -0.3 is 11.5 Å². The average Bonchev–Trinajstić information content (AvgIpc) is 2.01. The summed E-state index contributed by atoms with van der Waals surface area (Å²) in [6.07, 6.45) is 0. The largest absolute Gasteiger partial charge is 0.351 e.